The highest BCUT2D eigenvalue weighted by Crippen LogP contribution is 2.42. The third-order valence-electron chi connectivity index (χ3n) is 7.41. The number of ketones is 1. The molecular weight excluding hydrogens is 520 g/mol. The third-order valence-corrected chi connectivity index (χ3v) is 7.41. The summed E-state index contributed by atoms with van der Waals surface area (Å²) in [5, 5.41) is 11.5. The van der Waals surface area contributed by atoms with E-state index in [0.717, 1.165) is 25.2 Å². The Morgan fingerprint density at radius 2 is 1.61 bits per heavy atom. The number of amides is 1. The van der Waals surface area contributed by atoms with E-state index in [1.165, 1.54) is 0 Å². The van der Waals surface area contributed by atoms with Crippen LogP contribution in [0.5, 0.6) is 11.5 Å². The predicted octanol–water partition coefficient (Wildman–Crippen LogP) is 4.81. The summed E-state index contributed by atoms with van der Waals surface area (Å²) in [5.74, 6) is -0.324. The monoisotopic (exact) mass is 556 g/mol. The summed E-state index contributed by atoms with van der Waals surface area (Å²) in [5.41, 5.74) is 2.21. The number of ether oxygens (including phenoxy) is 3. The molecule has 0 aliphatic carbocycles. The van der Waals surface area contributed by atoms with E-state index in [-0.39, 0.29) is 11.3 Å². The molecule has 0 aromatic heterocycles. The standard InChI is InChI=1S/C33H36N2O6/c1-2-40-28-12-7-6-11-27(28)30-29(32(37)33(38)35(30)18-8-17-34-19-21-39-22-20-34)31(36)25-13-15-26(16-14-25)41-23-24-9-4-3-5-10-24/h3-7,9-16,30,36H,2,8,17-23H2,1H3/b31-29+. The Bertz CT molecular complexity index is 1370. The van der Waals surface area contributed by atoms with E-state index in [9.17, 15) is 14.7 Å². The van der Waals surface area contributed by atoms with Crippen LogP contribution >= 0.6 is 0 Å². The number of morpholine rings is 1. The second-order valence-corrected chi connectivity index (χ2v) is 10.1. The van der Waals surface area contributed by atoms with Gasteiger partial charge in [-0.25, -0.2) is 0 Å². The molecule has 5 rings (SSSR count). The van der Waals surface area contributed by atoms with Gasteiger partial charge in [0.1, 0.15) is 23.9 Å². The van der Waals surface area contributed by atoms with Crippen molar-refractivity contribution >= 4 is 17.4 Å². The van der Waals surface area contributed by atoms with Crippen LogP contribution in [-0.2, 0) is 20.9 Å². The van der Waals surface area contributed by atoms with E-state index in [1.807, 2.05) is 61.5 Å². The first-order valence-corrected chi connectivity index (χ1v) is 14.1. The number of likely N-dealkylation sites (tertiary alicyclic amines) is 1. The van der Waals surface area contributed by atoms with Crippen molar-refractivity contribution in [2.24, 2.45) is 0 Å². The molecule has 2 aliphatic rings. The summed E-state index contributed by atoms with van der Waals surface area (Å²) >= 11 is 0. The summed E-state index contributed by atoms with van der Waals surface area (Å²) in [4.78, 5) is 30.7. The lowest BCUT2D eigenvalue weighted by atomic mass is 9.94. The molecule has 0 saturated carbocycles. The van der Waals surface area contributed by atoms with Crippen molar-refractivity contribution in [3.8, 4) is 11.5 Å². The molecule has 41 heavy (non-hydrogen) atoms. The van der Waals surface area contributed by atoms with Crippen LogP contribution in [0.25, 0.3) is 5.76 Å². The number of nitrogens with zero attached hydrogens (tertiary/aromatic N) is 2. The highest BCUT2D eigenvalue weighted by Gasteiger charge is 2.46. The molecule has 1 atom stereocenters. The normalized spacial score (nSPS) is 19.0. The van der Waals surface area contributed by atoms with E-state index < -0.39 is 17.7 Å². The van der Waals surface area contributed by atoms with Gasteiger partial charge in [0.2, 0.25) is 0 Å². The Labute approximate surface area is 240 Å². The zero-order valence-corrected chi connectivity index (χ0v) is 23.3. The molecule has 2 fully saturated rings. The minimum Gasteiger partial charge on any atom is -0.507 e. The van der Waals surface area contributed by atoms with Gasteiger partial charge in [0.25, 0.3) is 11.7 Å². The average Bonchev–Trinajstić information content (AvgIpc) is 3.26. The SMILES string of the molecule is CCOc1ccccc1C1/C(=C(\O)c2ccc(OCc3ccccc3)cc2)C(=O)C(=O)N1CCCN1CCOCC1. The number of benzene rings is 3. The largest absolute Gasteiger partial charge is 0.507 e. The molecule has 2 aliphatic heterocycles. The lowest BCUT2D eigenvalue weighted by Gasteiger charge is -2.29. The molecule has 8 nitrogen and oxygen atoms in total. The second kappa shape index (κ2) is 13.5. The topological polar surface area (TPSA) is 88.5 Å². The smallest absolute Gasteiger partial charge is 0.295 e. The predicted molar refractivity (Wildman–Crippen MR) is 156 cm³/mol. The molecule has 214 valence electrons. The van der Waals surface area contributed by atoms with E-state index in [4.69, 9.17) is 14.2 Å². The molecule has 1 amide bonds. The van der Waals surface area contributed by atoms with Gasteiger partial charge >= 0.3 is 0 Å². The first-order valence-electron chi connectivity index (χ1n) is 14.1. The first-order chi connectivity index (χ1) is 20.1. The Morgan fingerprint density at radius 1 is 0.902 bits per heavy atom. The Kier molecular flexibility index (Phi) is 9.33. The van der Waals surface area contributed by atoms with E-state index in [0.29, 0.717) is 62.0 Å². The van der Waals surface area contributed by atoms with Gasteiger partial charge in [0, 0.05) is 37.3 Å². The molecule has 8 heteroatoms. The summed E-state index contributed by atoms with van der Waals surface area (Å²) in [6.07, 6.45) is 0.688. The minimum atomic E-state index is -0.767. The molecule has 2 heterocycles. The molecule has 0 bridgehead atoms. The van der Waals surface area contributed by atoms with Crippen molar-refractivity contribution in [2.75, 3.05) is 46.0 Å². The minimum absolute atomic E-state index is 0.0616. The molecule has 0 spiro atoms. The fourth-order valence-electron chi connectivity index (χ4n) is 5.32. The van der Waals surface area contributed by atoms with Crippen LogP contribution in [0.15, 0.2) is 84.4 Å². The van der Waals surface area contributed by atoms with Crippen LogP contribution in [-0.4, -0.2) is 72.6 Å². The second-order valence-electron chi connectivity index (χ2n) is 10.1. The fraction of sp³-hybridized carbons (Fsp3) is 0.333. The van der Waals surface area contributed by atoms with Crippen molar-refractivity contribution in [3.63, 3.8) is 0 Å². The number of carbonyl (C=O) groups excluding carboxylic acids is 2. The maximum Gasteiger partial charge on any atom is 0.295 e. The Balaban J connectivity index is 1.43. The molecule has 3 aromatic rings. The Hall–Kier alpha value is -4.14. The highest BCUT2D eigenvalue weighted by molar-refractivity contribution is 6.46. The van der Waals surface area contributed by atoms with Crippen LogP contribution < -0.4 is 9.47 Å². The quantitative estimate of drug-likeness (QED) is 0.206. The van der Waals surface area contributed by atoms with Gasteiger partial charge in [-0.2, -0.15) is 0 Å². The van der Waals surface area contributed by atoms with Crippen molar-refractivity contribution in [1.82, 2.24) is 9.80 Å². The number of rotatable bonds is 11. The molecule has 2 saturated heterocycles. The lowest BCUT2D eigenvalue weighted by molar-refractivity contribution is -0.140. The number of hydrogen-bond acceptors (Lipinski definition) is 7. The maximum absolute atomic E-state index is 13.5. The van der Waals surface area contributed by atoms with Crippen molar-refractivity contribution in [1.29, 1.82) is 0 Å². The lowest BCUT2D eigenvalue weighted by Crippen LogP contribution is -2.39. The fourth-order valence-corrected chi connectivity index (χ4v) is 5.32. The third kappa shape index (κ3) is 6.61. The highest BCUT2D eigenvalue weighted by atomic mass is 16.5. The van der Waals surface area contributed by atoms with E-state index in [2.05, 4.69) is 4.90 Å². The number of carbonyl (C=O) groups is 2. The van der Waals surface area contributed by atoms with Crippen LogP contribution in [0.4, 0.5) is 0 Å². The summed E-state index contributed by atoms with van der Waals surface area (Å²) in [7, 11) is 0. The van der Waals surface area contributed by atoms with Crippen molar-refractivity contribution in [3.05, 3.63) is 101 Å². The van der Waals surface area contributed by atoms with E-state index in [1.54, 1.807) is 29.2 Å². The molecule has 3 aromatic carbocycles. The first kappa shape index (κ1) is 28.4. The average molecular weight is 557 g/mol. The zero-order valence-electron chi connectivity index (χ0n) is 23.3. The van der Waals surface area contributed by atoms with Gasteiger partial charge in [0.15, 0.2) is 0 Å². The number of aliphatic hydroxyl groups is 1. The van der Waals surface area contributed by atoms with Crippen LogP contribution in [0.3, 0.4) is 0 Å². The van der Waals surface area contributed by atoms with Gasteiger partial charge in [-0.3, -0.25) is 14.5 Å². The molecule has 1 unspecified atom stereocenters. The molecule has 1 N–H and O–H groups in total. The number of para-hydroxylation sites is 1. The van der Waals surface area contributed by atoms with Crippen molar-refractivity contribution < 1.29 is 28.9 Å². The van der Waals surface area contributed by atoms with Gasteiger partial charge in [0.05, 0.1) is 31.4 Å². The maximum atomic E-state index is 13.5. The summed E-state index contributed by atoms with van der Waals surface area (Å²) in [6, 6.07) is 23.4. The number of hydrogen-bond donors (Lipinski definition) is 1. The molecular formula is C33H36N2O6. The van der Waals surface area contributed by atoms with Crippen LogP contribution in [0.1, 0.15) is 36.1 Å². The van der Waals surface area contributed by atoms with Crippen LogP contribution in [0.2, 0.25) is 0 Å². The van der Waals surface area contributed by atoms with Gasteiger partial charge in [-0.1, -0.05) is 48.5 Å². The van der Waals surface area contributed by atoms with Gasteiger partial charge in [-0.05, 0) is 49.2 Å². The number of Topliss-reactive ketones (excluding diaryl/α,β-unsaturated/α-hetero) is 1. The van der Waals surface area contributed by atoms with Gasteiger partial charge in [-0.15, -0.1) is 0 Å². The Morgan fingerprint density at radius 3 is 2.34 bits per heavy atom. The number of aliphatic hydroxyl groups excluding tert-OH is 1. The zero-order chi connectivity index (χ0) is 28.6. The van der Waals surface area contributed by atoms with Crippen molar-refractivity contribution in [2.45, 2.75) is 26.0 Å². The summed E-state index contributed by atoms with van der Waals surface area (Å²) < 4.78 is 17.2. The van der Waals surface area contributed by atoms with E-state index >= 15 is 0 Å². The summed E-state index contributed by atoms with van der Waals surface area (Å²) in [6.45, 7) is 6.98. The van der Waals surface area contributed by atoms with Crippen LogP contribution in [0, 0.1) is 0 Å². The molecule has 0 radical (unpaired) electrons. The van der Waals surface area contributed by atoms with Gasteiger partial charge < -0.3 is 24.2 Å².